The number of benzene rings is 1. The van der Waals surface area contributed by atoms with Gasteiger partial charge in [-0.3, -0.25) is 0 Å². The summed E-state index contributed by atoms with van der Waals surface area (Å²) in [6.07, 6.45) is 6.64. The van der Waals surface area contributed by atoms with Crippen molar-refractivity contribution in [2.24, 2.45) is 0 Å². The lowest BCUT2D eigenvalue weighted by Gasteiger charge is -2.16. The van der Waals surface area contributed by atoms with E-state index in [1.54, 1.807) is 6.92 Å². The van der Waals surface area contributed by atoms with Crippen molar-refractivity contribution in [3.8, 4) is 17.0 Å². The topological polar surface area (TPSA) is 74.7 Å². The van der Waals surface area contributed by atoms with Gasteiger partial charge < -0.3 is 19.2 Å². The molecule has 1 aromatic heterocycles. The summed E-state index contributed by atoms with van der Waals surface area (Å²) in [5.74, 6) is 0.478. The van der Waals surface area contributed by atoms with Crippen LogP contribution in [0.25, 0.3) is 22.0 Å². The van der Waals surface area contributed by atoms with Crippen LogP contribution in [0.3, 0.4) is 0 Å². The summed E-state index contributed by atoms with van der Waals surface area (Å²) >= 11 is 0. The number of rotatable bonds is 10. The molecule has 1 unspecified atom stereocenters. The van der Waals surface area contributed by atoms with Crippen molar-refractivity contribution in [2.75, 3.05) is 19.8 Å². The summed E-state index contributed by atoms with van der Waals surface area (Å²) in [5, 5.41) is 2.45. The molecule has 4 rings (SSSR count). The molecule has 0 saturated carbocycles. The van der Waals surface area contributed by atoms with E-state index in [0.717, 1.165) is 23.4 Å². The number of ether oxygens (including phenoxy) is 3. The van der Waals surface area contributed by atoms with E-state index in [1.165, 1.54) is 21.9 Å². The van der Waals surface area contributed by atoms with E-state index >= 15 is 0 Å². The highest BCUT2D eigenvalue weighted by Crippen LogP contribution is 2.36. The molecule has 0 saturated heterocycles. The normalized spacial score (nSPS) is 12.2. The third-order valence-electron chi connectivity index (χ3n) is 5.52. The molecule has 2 heterocycles. The number of carbonyl (C=O) groups excluding carboxylic acids is 1. The Labute approximate surface area is 187 Å². The highest BCUT2D eigenvalue weighted by atomic mass is 16.6. The zero-order valence-corrected chi connectivity index (χ0v) is 18.5. The van der Waals surface area contributed by atoms with Crippen LogP contribution in [0.4, 0.5) is 0 Å². The standard InChI is InChI=1S/C26H28N2O4/c1-3-30-24(26(29)31-4-2)16-18-7-9-19(10-8-18)32-15-12-22-23-17-27-14-11-20(23)21-6-5-13-28-25(21)22/h5-11,13-14,17,24,28H,3-4,12,15-16H2,1-2H3/p+1. The van der Waals surface area contributed by atoms with Crippen LogP contribution in [0.1, 0.15) is 25.0 Å². The van der Waals surface area contributed by atoms with Crippen molar-refractivity contribution in [3.63, 3.8) is 0 Å². The number of aromatic nitrogens is 2. The first-order valence-corrected chi connectivity index (χ1v) is 11.1. The van der Waals surface area contributed by atoms with Crippen LogP contribution in [-0.4, -0.2) is 36.9 Å². The van der Waals surface area contributed by atoms with Crippen LogP contribution in [0.2, 0.25) is 0 Å². The molecule has 0 bridgehead atoms. The lowest BCUT2D eigenvalue weighted by atomic mass is 10.1. The molecule has 1 aliphatic carbocycles. The van der Waals surface area contributed by atoms with Crippen LogP contribution in [0.5, 0.6) is 5.75 Å². The third-order valence-corrected chi connectivity index (χ3v) is 5.52. The van der Waals surface area contributed by atoms with E-state index in [1.807, 2.05) is 55.8 Å². The monoisotopic (exact) mass is 433 g/mol. The Morgan fingerprint density at radius 2 is 1.91 bits per heavy atom. The lowest BCUT2D eigenvalue weighted by molar-refractivity contribution is -0.375. The molecule has 2 N–H and O–H groups in total. The Balaban J connectivity index is 1.39. The van der Waals surface area contributed by atoms with Gasteiger partial charge in [0.1, 0.15) is 5.75 Å². The number of nitrogens with one attached hydrogen (secondary N) is 2. The fraction of sp³-hybridized carbons (Fsp3) is 0.308. The minimum Gasteiger partial charge on any atom is -0.493 e. The summed E-state index contributed by atoms with van der Waals surface area (Å²) in [7, 11) is 0. The number of fused-ring (bicyclic) bond motifs is 3. The van der Waals surface area contributed by atoms with Crippen molar-refractivity contribution in [1.82, 2.24) is 4.98 Å². The van der Waals surface area contributed by atoms with Crippen LogP contribution in [-0.2, 0) is 27.1 Å². The zero-order valence-electron chi connectivity index (χ0n) is 18.5. The van der Waals surface area contributed by atoms with Gasteiger partial charge in [-0.2, -0.15) is 0 Å². The molecule has 1 aromatic carbocycles. The fourth-order valence-corrected chi connectivity index (χ4v) is 4.07. The molecule has 2 aromatic rings. The number of hydrogen-bond donors (Lipinski definition) is 1. The van der Waals surface area contributed by atoms with E-state index in [0.29, 0.717) is 26.2 Å². The lowest BCUT2D eigenvalue weighted by Crippen LogP contribution is -2.28. The van der Waals surface area contributed by atoms with Crippen LogP contribution >= 0.6 is 0 Å². The molecule has 166 valence electrons. The first kappa shape index (κ1) is 21.8. The second-order valence-corrected chi connectivity index (χ2v) is 7.55. The van der Waals surface area contributed by atoms with E-state index in [2.05, 4.69) is 22.1 Å². The maximum atomic E-state index is 12.1. The average Bonchev–Trinajstić information content (AvgIpc) is 3.14. The molecular formula is C26H29N2O4+. The van der Waals surface area contributed by atoms with Gasteiger partial charge in [0, 0.05) is 42.7 Å². The third kappa shape index (κ3) is 4.75. The Kier molecular flexibility index (Phi) is 7.02. The molecule has 6 heteroatoms. The van der Waals surface area contributed by atoms with Gasteiger partial charge in [0.2, 0.25) is 0 Å². The van der Waals surface area contributed by atoms with Gasteiger partial charge in [0.05, 0.1) is 24.3 Å². The maximum absolute atomic E-state index is 12.1. The Hall–Kier alpha value is -3.38. The van der Waals surface area contributed by atoms with Gasteiger partial charge in [-0.25, -0.2) is 9.78 Å². The maximum Gasteiger partial charge on any atom is 0.335 e. The van der Waals surface area contributed by atoms with Gasteiger partial charge in [0.25, 0.3) is 0 Å². The van der Waals surface area contributed by atoms with Gasteiger partial charge in [-0.1, -0.05) is 18.2 Å². The Morgan fingerprint density at radius 3 is 2.69 bits per heavy atom. The fourth-order valence-electron chi connectivity index (χ4n) is 4.07. The van der Waals surface area contributed by atoms with Crippen molar-refractivity contribution >= 4 is 16.7 Å². The number of carbonyl (C=O) groups is 1. The number of hydrogen-bond acceptors (Lipinski definition) is 4. The summed E-state index contributed by atoms with van der Waals surface area (Å²) in [6, 6.07) is 14.1. The Morgan fingerprint density at radius 1 is 1.06 bits per heavy atom. The van der Waals surface area contributed by atoms with Crippen molar-refractivity contribution in [3.05, 3.63) is 72.2 Å². The molecule has 0 amide bonds. The van der Waals surface area contributed by atoms with Crippen LogP contribution in [0.15, 0.2) is 61.1 Å². The molecule has 1 aliphatic heterocycles. The number of aromatic amines is 2. The van der Waals surface area contributed by atoms with Crippen LogP contribution < -0.4 is 9.72 Å². The molecule has 32 heavy (non-hydrogen) atoms. The molecule has 0 radical (unpaired) electrons. The van der Waals surface area contributed by atoms with Crippen LogP contribution in [0, 0.1) is 0 Å². The summed E-state index contributed by atoms with van der Waals surface area (Å²) in [5.41, 5.74) is 4.63. The number of H-pyrrole nitrogens is 2. The van der Waals surface area contributed by atoms with Gasteiger partial charge in [0.15, 0.2) is 18.5 Å². The van der Waals surface area contributed by atoms with E-state index in [4.69, 9.17) is 14.2 Å². The molecule has 2 aliphatic rings. The molecule has 6 nitrogen and oxygen atoms in total. The van der Waals surface area contributed by atoms with Gasteiger partial charge in [-0.15, -0.1) is 0 Å². The molecule has 0 spiro atoms. The SMILES string of the molecule is CCOC(=O)C(Cc1ccc(OCCc2c3[nH]cccc-3c3cc[nH+]cc23)cc1)OCC. The highest BCUT2D eigenvalue weighted by Gasteiger charge is 2.21. The van der Waals surface area contributed by atoms with Crippen molar-refractivity contribution < 1.29 is 24.0 Å². The first-order valence-electron chi connectivity index (χ1n) is 11.1. The largest absolute Gasteiger partial charge is 0.493 e. The average molecular weight is 434 g/mol. The predicted molar refractivity (Wildman–Crippen MR) is 123 cm³/mol. The second-order valence-electron chi connectivity index (χ2n) is 7.55. The van der Waals surface area contributed by atoms with Gasteiger partial charge in [-0.05, 0) is 43.2 Å². The summed E-state index contributed by atoms with van der Waals surface area (Å²) in [4.78, 5) is 18.7. The minimum atomic E-state index is -0.585. The first-order chi connectivity index (χ1) is 15.7. The minimum absolute atomic E-state index is 0.321. The van der Waals surface area contributed by atoms with Gasteiger partial charge >= 0.3 is 5.97 Å². The molecule has 0 fully saturated rings. The number of pyridine rings is 2. The zero-order chi connectivity index (χ0) is 22.3. The van der Waals surface area contributed by atoms with Crippen molar-refractivity contribution in [1.29, 1.82) is 0 Å². The Bertz CT molecular complexity index is 1140. The quantitative estimate of drug-likeness (QED) is 0.380. The molecule has 1 atom stereocenters. The summed E-state index contributed by atoms with van der Waals surface area (Å²) < 4.78 is 16.7. The molecular weight excluding hydrogens is 404 g/mol. The second kappa shape index (κ2) is 10.3. The van der Waals surface area contributed by atoms with E-state index in [9.17, 15) is 4.79 Å². The number of esters is 1. The van der Waals surface area contributed by atoms with E-state index < -0.39 is 6.10 Å². The predicted octanol–water partition coefficient (Wildman–Crippen LogP) is 4.22. The smallest absolute Gasteiger partial charge is 0.335 e. The summed E-state index contributed by atoms with van der Waals surface area (Å²) in [6.45, 7) is 5.04. The highest BCUT2D eigenvalue weighted by molar-refractivity contribution is 6.03. The van der Waals surface area contributed by atoms with Crippen molar-refractivity contribution in [2.45, 2.75) is 32.8 Å². The van der Waals surface area contributed by atoms with E-state index in [-0.39, 0.29) is 5.97 Å².